The van der Waals surface area contributed by atoms with E-state index in [2.05, 4.69) is 62.2 Å². The van der Waals surface area contributed by atoms with Crippen molar-refractivity contribution in [2.24, 2.45) is 5.92 Å². The molecule has 3 atom stereocenters. The van der Waals surface area contributed by atoms with Crippen LogP contribution in [-0.4, -0.2) is 12.6 Å². The Morgan fingerprint density at radius 3 is 2.87 bits per heavy atom. The van der Waals surface area contributed by atoms with Gasteiger partial charge in [-0.15, -0.1) is 6.58 Å². The lowest BCUT2D eigenvalue weighted by Crippen LogP contribution is -2.29. The summed E-state index contributed by atoms with van der Waals surface area (Å²) >= 11 is 0. The maximum atomic E-state index is 3.85. The molecule has 122 valence electrons. The predicted octanol–water partition coefficient (Wildman–Crippen LogP) is 5.08. The first-order valence-corrected chi connectivity index (χ1v) is 9.02. The van der Waals surface area contributed by atoms with Gasteiger partial charge in [0.15, 0.2) is 0 Å². The molecule has 3 unspecified atom stereocenters. The van der Waals surface area contributed by atoms with Crippen molar-refractivity contribution in [3.8, 4) is 0 Å². The Labute approximate surface area is 141 Å². The molecule has 1 aromatic carbocycles. The molecule has 1 heterocycles. The van der Waals surface area contributed by atoms with Gasteiger partial charge in [0.05, 0.1) is 0 Å². The van der Waals surface area contributed by atoms with E-state index in [1.54, 1.807) is 0 Å². The number of allylic oxidation sites excluding steroid dienone is 4. The van der Waals surface area contributed by atoms with Crippen LogP contribution >= 0.6 is 0 Å². The van der Waals surface area contributed by atoms with E-state index < -0.39 is 0 Å². The Morgan fingerprint density at radius 1 is 1.35 bits per heavy atom. The molecule has 1 nitrogen and oxygen atoms in total. The van der Waals surface area contributed by atoms with Crippen molar-refractivity contribution < 1.29 is 0 Å². The first kappa shape index (κ1) is 16.3. The lowest BCUT2D eigenvalue weighted by atomic mass is 9.85. The molecule has 1 heteroatoms. The minimum atomic E-state index is 0.624. The molecule has 0 radical (unpaired) electrons. The van der Waals surface area contributed by atoms with Crippen LogP contribution in [0.5, 0.6) is 0 Å². The molecule has 1 fully saturated rings. The Kier molecular flexibility index (Phi) is 5.17. The number of rotatable bonds is 5. The van der Waals surface area contributed by atoms with Crippen molar-refractivity contribution in [2.45, 2.75) is 51.5 Å². The third-order valence-electron chi connectivity index (χ3n) is 5.50. The van der Waals surface area contributed by atoms with Gasteiger partial charge in [-0.2, -0.15) is 0 Å². The van der Waals surface area contributed by atoms with E-state index in [9.17, 15) is 0 Å². The normalized spacial score (nSPS) is 27.0. The highest BCUT2D eigenvalue weighted by molar-refractivity contribution is 5.35. The summed E-state index contributed by atoms with van der Waals surface area (Å²) in [6.45, 7) is 9.42. The monoisotopic (exact) mass is 307 g/mol. The van der Waals surface area contributed by atoms with E-state index in [0.717, 1.165) is 19.4 Å². The lowest BCUT2D eigenvalue weighted by molar-refractivity contribution is 0.456. The van der Waals surface area contributed by atoms with Gasteiger partial charge >= 0.3 is 0 Å². The molecule has 0 bridgehead atoms. The van der Waals surface area contributed by atoms with Crippen molar-refractivity contribution in [3.05, 3.63) is 71.3 Å². The molecule has 2 aliphatic rings. The Bertz CT molecular complexity index is 623. The molecule has 1 aliphatic heterocycles. The van der Waals surface area contributed by atoms with Gasteiger partial charge in [-0.3, -0.25) is 0 Å². The van der Waals surface area contributed by atoms with Gasteiger partial charge in [0, 0.05) is 12.6 Å². The molecular weight excluding hydrogens is 278 g/mol. The molecule has 0 aromatic heterocycles. The van der Waals surface area contributed by atoms with E-state index in [1.807, 2.05) is 6.08 Å². The molecular formula is C22H29N. The second-order valence-corrected chi connectivity index (χ2v) is 7.02. The van der Waals surface area contributed by atoms with Crippen molar-refractivity contribution in [2.75, 3.05) is 6.54 Å². The van der Waals surface area contributed by atoms with Crippen molar-refractivity contribution >= 4 is 0 Å². The van der Waals surface area contributed by atoms with Crippen molar-refractivity contribution in [1.82, 2.24) is 5.32 Å². The highest BCUT2D eigenvalue weighted by Gasteiger charge is 2.30. The van der Waals surface area contributed by atoms with Gasteiger partial charge in [0.1, 0.15) is 0 Å². The third-order valence-corrected chi connectivity index (χ3v) is 5.50. The van der Waals surface area contributed by atoms with E-state index in [1.165, 1.54) is 35.1 Å². The average molecular weight is 307 g/mol. The summed E-state index contributed by atoms with van der Waals surface area (Å²) in [6.07, 6.45) is 13.7. The smallest absolute Gasteiger partial charge is 0.0139 e. The fourth-order valence-electron chi connectivity index (χ4n) is 3.95. The van der Waals surface area contributed by atoms with Crippen LogP contribution in [-0.2, 0) is 6.42 Å². The van der Waals surface area contributed by atoms with Crippen LogP contribution in [0.25, 0.3) is 0 Å². The summed E-state index contributed by atoms with van der Waals surface area (Å²) in [4.78, 5) is 0. The highest BCUT2D eigenvalue weighted by atomic mass is 15.0. The summed E-state index contributed by atoms with van der Waals surface area (Å²) in [7, 11) is 0. The van der Waals surface area contributed by atoms with Gasteiger partial charge in [0.25, 0.3) is 0 Å². The van der Waals surface area contributed by atoms with Gasteiger partial charge in [-0.05, 0) is 61.1 Å². The van der Waals surface area contributed by atoms with Crippen LogP contribution in [0.3, 0.4) is 0 Å². The minimum absolute atomic E-state index is 0.624. The summed E-state index contributed by atoms with van der Waals surface area (Å²) in [5, 5.41) is 3.77. The summed E-state index contributed by atoms with van der Waals surface area (Å²) in [5.41, 5.74) is 5.79. The molecule has 0 saturated carbocycles. The van der Waals surface area contributed by atoms with Gasteiger partial charge < -0.3 is 5.32 Å². The van der Waals surface area contributed by atoms with E-state index in [-0.39, 0.29) is 0 Å². The number of aryl methyl sites for hydroxylation is 1. The number of benzene rings is 1. The Morgan fingerprint density at radius 2 is 2.22 bits per heavy atom. The van der Waals surface area contributed by atoms with E-state index >= 15 is 0 Å². The maximum absolute atomic E-state index is 3.85. The number of nitrogens with one attached hydrogen (secondary N) is 1. The molecule has 1 aliphatic carbocycles. The van der Waals surface area contributed by atoms with Crippen LogP contribution < -0.4 is 5.32 Å². The van der Waals surface area contributed by atoms with Crippen LogP contribution in [0.4, 0.5) is 0 Å². The van der Waals surface area contributed by atoms with Crippen LogP contribution in [0.1, 0.15) is 48.8 Å². The van der Waals surface area contributed by atoms with E-state index in [4.69, 9.17) is 0 Å². The Hall–Kier alpha value is -1.60. The van der Waals surface area contributed by atoms with Gasteiger partial charge in [0.2, 0.25) is 0 Å². The average Bonchev–Trinajstić information content (AvgIpc) is 3.07. The highest BCUT2D eigenvalue weighted by Crippen LogP contribution is 2.33. The standard InChI is InChI=1S/C22H29N/c1-4-6-18-11-12-20(13-16(18)3)21-14-22(23-15-21)19-9-7-17(5-2)8-10-19/h4,7-9,11-13,19,21-23H,1,5-6,10,14-15H2,2-3H3. The molecule has 1 saturated heterocycles. The summed E-state index contributed by atoms with van der Waals surface area (Å²) < 4.78 is 0. The predicted molar refractivity (Wildman–Crippen MR) is 99.8 cm³/mol. The Balaban J connectivity index is 1.64. The van der Waals surface area contributed by atoms with Crippen LogP contribution in [0.2, 0.25) is 0 Å². The molecule has 3 rings (SSSR count). The fraction of sp³-hybridized carbons (Fsp3) is 0.455. The lowest BCUT2D eigenvalue weighted by Gasteiger charge is -2.22. The number of hydrogen-bond acceptors (Lipinski definition) is 1. The third kappa shape index (κ3) is 3.67. The topological polar surface area (TPSA) is 12.0 Å². The quantitative estimate of drug-likeness (QED) is 0.748. The minimum Gasteiger partial charge on any atom is -0.313 e. The van der Waals surface area contributed by atoms with Gasteiger partial charge in [-0.1, -0.05) is 55.0 Å². The molecule has 0 spiro atoms. The fourth-order valence-corrected chi connectivity index (χ4v) is 3.95. The largest absolute Gasteiger partial charge is 0.313 e. The van der Waals surface area contributed by atoms with Crippen molar-refractivity contribution in [3.63, 3.8) is 0 Å². The molecule has 1 N–H and O–H groups in total. The molecule has 23 heavy (non-hydrogen) atoms. The second-order valence-electron chi connectivity index (χ2n) is 7.02. The zero-order chi connectivity index (χ0) is 16.2. The summed E-state index contributed by atoms with van der Waals surface area (Å²) in [5.74, 6) is 1.32. The first-order valence-electron chi connectivity index (χ1n) is 9.02. The summed E-state index contributed by atoms with van der Waals surface area (Å²) in [6, 6.07) is 7.63. The van der Waals surface area contributed by atoms with Crippen molar-refractivity contribution in [1.29, 1.82) is 0 Å². The first-order chi connectivity index (χ1) is 11.2. The molecule has 0 amide bonds. The van der Waals surface area contributed by atoms with Crippen LogP contribution in [0, 0.1) is 12.8 Å². The zero-order valence-electron chi connectivity index (χ0n) is 14.5. The molecule has 1 aromatic rings. The zero-order valence-corrected chi connectivity index (χ0v) is 14.5. The second kappa shape index (κ2) is 7.31. The maximum Gasteiger partial charge on any atom is 0.0139 e. The van der Waals surface area contributed by atoms with Gasteiger partial charge in [-0.25, -0.2) is 0 Å². The number of hydrogen-bond donors (Lipinski definition) is 1. The SMILES string of the molecule is C=CCc1ccc(C2CNC(C3C=CC(CC)=CC3)C2)cc1C. The van der Waals surface area contributed by atoms with E-state index in [0.29, 0.717) is 17.9 Å². The van der Waals surface area contributed by atoms with Crippen LogP contribution in [0.15, 0.2) is 54.7 Å².